The number of hydrogen-bond donors (Lipinski definition) is 2. The van der Waals surface area contributed by atoms with Gasteiger partial charge in [-0.15, -0.1) is 0 Å². The number of pyridine rings is 1. The summed E-state index contributed by atoms with van der Waals surface area (Å²) in [4.78, 5) is 20.2. The fraction of sp³-hybridized carbons (Fsp3) is 0.609. The molecule has 1 aliphatic heterocycles. The van der Waals surface area contributed by atoms with Crippen LogP contribution in [0.4, 0.5) is 5.69 Å². The lowest BCUT2D eigenvalue weighted by atomic mass is 10.00. The van der Waals surface area contributed by atoms with Gasteiger partial charge in [0.05, 0.1) is 23.5 Å². The van der Waals surface area contributed by atoms with E-state index in [4.69, 9.17) is 5.73 Å². The van der Waals surface area contributed by atoms with Crippen LogP contribution in [0.2, 0.25) is 0 Å². The van der Waals surface area contributed by atoms with E-state index < -0.39 is 0 Å². The van der Waals surface area contributed by atoms with Crippen LogP contribution in [-0.2, 0) is 0 Å². The average Bonchev–Trinajstić information content (AvgIpc) is 3.63. The molecule has 2 aromatic rings. The first-order valence-corrected chi connectivity index (χ1v) is 11.2. The zero-order chi connectivity index (χ0) is 21.0. The lowest BCUT2D eigenvalue weighted by molar-refractivity contribution is 0.0936. The zero-order valence-electron chi connectivity index (χ0n) is 18.2. The second-order valence-electron chi connectivity index (χ2n) is 9.85. The van der Waals surface area contributed by atoms with E-state index >= 15 is 0 Å². The summed E-state index contributed by atoms with van der Waals surface area (Å²) in [5, 5.41) is 7.81. The van der Waals surface area contributed by atoms with Crippen molar-refractivity contribution in [1.82, 2.24) is 20.1 Å². The predicted molar refractivity (Wildman–Crippen MR) is 118 cm³/mol. The Morgan fingerprint density at radius 3 is 2.70 bits per heavy atom. The number of aromatic nitrogens is 3. The summed E-state index contributed by atoms with van der Waals surface area (Å²) in [6, 6.07) is 0.700. The van der Waals surface area contributed by atoms with E-state index in [0.717, 1.165) is 42.0 Å². The molecule has 2 aliphatic carbocycles. The van der Waals surface area contributed by atoms with E-state index in [1.54, 1.807) is 6.20 Å². The summed E-state index contributed by atoms with van der Waals surface area (Å²) in [6.07, 6.45) is 11.4. The number of nitrogens with two attached hydrogens (primary N) is 1. The summed E-state index contributed by atoms with van der Waals surface area (Å²) < 4.78 is 2.05. The standard InChI is InChI=1S/C23H32N6O/c1-14(16-4-5-16)27-22(30)19-11-25-15(2)20(17-10-26-29(12-17)18-6-7-18)21(19)28-9-8-23(3,24)13-28/h10-12,14,16,18H,4-9,13,24H2,1-3H3,(H,27,30)/t14-,23-/m0/s1. The van der Waals surface area contributed by atoms with Crippen LogP contribution in [0.5, 0.6) is 0 Å². The highest BCUT2D eigenvalue weighted by molar-refractivity contribution is 6.03. The van der Waals surface area contributed by atoms with Gasteiger partial charge in [0, 0.05) is 53.9 Å². The van der Waals surface area contributed by atoms with Crippen molar-refractivity contribution in [2.24, 2.45) is 11.7 Å². The van der Waals surface area contributed by atoms with Crippen LogP contribution < -0.4 is 16.0 Å². The van der Waals surface area contributed by atoms with Gasteiger partial charge in [-0.05, 0) is 58.8 Å². The van der Waals surface area contributed by atoms with Crippen molar-refractivity contribution >= 4 is 11.6 Å². The molecule has 160 valence electrons. The number of nitrogens with one attached hydrogen (secondary N) is 1. The molecule has 0 spiro atoms. The van der Waals surface area contributed by atoms with Gasteiger partial charge in [-0.25, -0.2) is 0 Å². The molecule has 0 aromatic carbocycles. The maximum absolute atomic E-state index is 13.3. The van der Waals surface area contributed by atoms with Crippen molar-refractivity contribution in [3.05, 3.63) is 29.8 Å². The molecule has 2 atom stereocenters. The molecule has 30 heavy (non-hydrogen) atoms. The first-order valence-electron chi connectivity index (χ1n) is 11.2. The lowest BCUT2D eigenvalue weighted by Crippen LogP contribution is -2.40. The van der Waals surface area contributed by atoms with Crippen LogP contribution in [0.15, 0.2) is 18.6 Å². The van der Waals surface area contributed by atoms with Crippen molar-refractivity contribution in [2.45, 2.75) is 70.5 Å². The Hall–Kier alpha value is -2.41. The highest BCUT2D eigenvalue weighted by Crippen LogP contribution is 2.41. The molecule has 3 N–H and O–H groups in total. The summed E-state index contributed by atoms with van der Waals surface area (Å²) in [7, 11) is 0. The molecule has 3 aliphatic rings. The summed E-state index contributed by atoms with van der Waals surface area (Å²) in [5.41, 5.74) is 10.7. The van der Waals surface area contributed by atoms with E-state index in [9.17, 15) is 4.79 Å². The van der Waals surface area contributed by atoms with Crippen molar-refractivity contribution in [3.63, 3.8) is 0 Å². The van der Waals surface area contributed by atoms with Gasteiger partial charge in [-0.3, -0.25) is 14.5 Å². The zero-order valence-corrected chi connectivity index (χ0v) is 18.2. The third kappa shape index (κ3) is 3.71. The van der Waals surface area contributed by atoms with Gasteiger partial charge in [0.15, 0.2) is 0 Å². The fourth-order valence-corrected chi connectivity index (χ4v) is 4.61. The van der Waals surface area contributed by atoms with Gasteiger partial charge in [-0.1, -0.05) is 0 Å². The lowest BCUT2D eigenvalue weighted by Gasteiger charge is -2.27. The second-order valence-corrected chi connectivity index (χ2v) is 9.85. The van der Waals surface area contributed by atoms with Gasteiger partial charge in [-0.2, -0.15) is 5.10 Å². The van der Waals surface area contributed by atoms with Gasteiger partial charge in [0.2, 0.25) is 0 Å². The minimum absolute atomic E-state index is 0.0432. The van der Waals surface area contributed by atoms with Crippen LogP contribution in [0.1, 0.15) is 68.0 Å². The van der Waals surface area contributed by atoms with E-state index in [2.05, 4.69) is 45.0 Å². The number of anilines is 1. The van der Waals surface area contributed by atoms with Crippen LogP contribution in [0, 0.1) is 12.8 Å². The smallest absolute Gasteiger partial charge is 0.255 e. The van der Waals surface area contributed by atoms with Crippen LogP contribution in [-0.4, -0.2) is 45.3 Å². The number of carbonyl (C=O) groups excluding carboxylic acids is 1. The van der Waals surface area contributed by atoms with Crippen molar-refractivity contribution < 1.29 is 4.79 Å². The molecule has 0 radical (unpaired) electrons. The normalized spacial score (nSPS) is 24.9. The monoisotopic (exact) mass is 408 g/mol. The third-order valence-electron chi connectivity index (χ3n) is 6.81. The van der Waals surface area contributed by atoms with Crippen molar-refractivity contribution in [3.8, 4) is 11.1 Å². The molecular formula is C23H32N6O. The summed E-state index contributed by atoms with van der Waals surface area (Å²) in [6.45, 7) is 7.75. The number of carbonyl (C=O) groups is 1. The van der Waals surface area contributed by atoms with E-state index in [1.807, 2.05) is 13.1 Å². The third-order valence-corrected chi connectivity index (χ3v) is 6.81. The first kappa shape index (κ1) is 19.5. The number of hydrogen-bond acceptors (Lipinski definition) is 5. The molecule has 5 rings (SSSR count). The van der Waals surface area contributed by atoms with Crippen LogP contribution >= 0.6 is 0 Å². The minimum atomic E-state index is -0.262. The van der Waals surface area contributed by atoms with Crippen molar-refractivity contribution in [1.29, 1.82) is 0 Å². The quantitative estimate of drug-likeness (QED) is 0.767. The number of aryl methyl sites for hydroxylation is 1. The predicted octanol–water partition coefficient (Wildman–Crippen LogP) is 3.04. The Labute approximate surface area is 178 Å². The second kappa shape index (κ2) is 7.08. The Balaban J connectivity index is 1.58. The highest BCUT2D eigenvalue weighted by atomic mass is 16.1. The molecular weight excluding hydrogens is 376 g/mol. The van der Waals surface area contributed by atoms with E-state index in [0.29, 0.717) is 17.5 Å². The Morgan fingerprint density at radius 1 is 1.30 bits per heavy atom. The summed E-state index contributed by atoms with van der Waals surface area (Å²) >= 11 is 0. The number of nitrogens with zero attached hydrogens (tertiary/aromatic N) is 4. The minimum Gasteiger partial charge on any atom is -0.368 e. The van der Waals surface area contributed by atoms with Gasteiger partial charge in [0.1, 0.15) is 0 Å². The Kier molecular flexibility index (Phi) is 4.61. The molecule has 1 amide bonds. The maximum Gasteiger partial charge on any atom is 0.255 e. The average molecular weight is 409 g/mol. The molecule has 2 aromatic heterocycles. The maximum atomic E-state index is 13.3. The molecule has 7 heteroatoms. The molecule has 3 fully saturated rings. The SMILES string of the molecule is Cc1ncc(C(=O)N[C@@H](C)C2CC2)c(N2CC[C@](C)(N)C2)c1-c1cnn(C2CC2)c1. The molecule has 7 nitrogen and oxygen atoms in total. The molecule has 3 heterocycles. The number of amides is 1. The molecule has 2 saturated carbocycles. The van der Waals surface area contributed by atoms with Gasteiger partial charge in [0.25, 0.3) is 5.91 Å². The van der Waals surface area contributed by atoms with Crippen LogP contribution in [0.3, 0.4) is 0 Å². The Bertz CT molecular complexity index is 972. The largest absolute Gasteiger partial charge is 0.368 e. The fourth-order valence-electron chi connectivity index (χ4n) is 4.61. The summed E-state index contributed by atoms with van der Waals surface area (Å²) in [5.74, 6) is 0.560. The van der Waals surface area contributed by atoms with Crippen LogP contribution in [0.25, 0.3) is 11.1 Å². The Morgan fingerprint density at radius 2 is 2.07 bits per heavy atom. The number of rotatable bonds is 6. The highest BCUT2D eigenvalue weighted by Gasteiger charge is 2.36. The first-order chi connectivity index (χ1) is 14.3. The van der Waals surface area contributed by atoms with Gasteiger partial charge < -0.3 is 16.0 Å². The molecule has 0 bridgehead atoms. The van der Waals surface area contributed by atoms with E-state index in [1.165, 1.54) is 25.7 Å². The van der Waals surface area contributed by atoms with Gasteiger partial charge >= 0.3 is 0 Å². The molecule has 1 saturated heterocycles. The van der Waals surface area contributed by atoms with Crippen molar-refractivity contribution in [2.75, 3.05) is 18.0 Å². The van der Waals surface area contributed by atoms with E-state index in [-0.39, 0.29) is 17.5 Å². The topological polar surface area (TPSA) is 89.1 Å². The molecule has 0 unspecified atom stereocenters.